The summed E-state index contributed by atoms with van der Waals surface area (Å²) in [6.45, 7) is 4.22. The molecule has 0 saturated carbocycles. The Bertz CT molecular complexity index is 1700. The summed E-state index contributed by atoms with van der Waals surface area (Å²) in [5.74, 6) is -2.79. The van der Waals surface area contributed by atoms with Crippen molar-refractivity contribution in [2.45, 2.75) is 69.2 Å². The van der Waals surface area contributed by atoms with E-state index >= 15 is 0 Å². The van der Waals surface area contributed by atoms with Gasteiger partial charge in [0.1, 0.15) is 18.5 Å². The zero-order chi connectivity index (χ0) is 34.0. The van der Waals surface area contributed by atoms with E-state index in [4.69, 9.17) is 9.47 Å². The fourth-order valence-corrected chi connectivity index (χ4v) is 6.23. The summed E-state index contributed by atoms with van der Waals surface area (Å²) in [6, 6.07) is 12.4. The van der Waals surface area contributed by atoms with Gasteiger partial charge in [0, 0.05) is 5.69 Å². The Kier molecular flexibility index (Phi) is 9.70. The van der Waals surface area contributed by atoms with Gasteiger partial charge in [-0.05, 0) is 69.7 Å². The predicted octanol–water partition coefficient (Wildman–Crippen LogP) is 6.51. The monoisotopic (exact) mass is 671 g/mol. The highest BCUT2D eigenvalue weighted by Gasteiger charge is 2.51. The highest BCUT2D eigenvalue weighted by atomic mass is 32.2. The number of fused-ring (bicyclic) bond motifs is 1. The lowest BCUT2D eigenvalue weighted by Crippen LogP contribution is -2.58. The Morgan fingerprint density at radius 2 is 1.65 bits per heavy atom. The number of hydrogen-bond donors (Lipinski definition) is 2. The topological polar surface area (TPSA) is 123 Å². The van der Waals surface area contributed by atoms with Crippen molar-refractivity contribution < 1.29 is 54.2 Å². The van der Waals surface area contributed by atoms with Crippen molar-refractivity contribution in [3.05, 3.63) is 83.9 Å². The number of hydrogen-bond acceptors (Lipinski definition) is 7. The molecule has 10 nitrogen and oxygen atoms in total. The molecular weight excluding hydrogens is 641 g/mol. The van der Waals surface area contributed by atoms with Crippen LogP contribution < -0.4 is 19.7 Å². The third-order valence-electron chi connectivity index (χ3n) is 7.08. The van der Waals surface area contributed by atoms with Gasteiger partial charge in [0.2, 0.25) is 5.60 Å². The van der Waals surface area contributed by atoms with Crippen molar-refractivity contribution in [3.8, 4) is 5.75 Å². The molecular formula is C30H30F5N3O7S. The maximum Gasteiger partial charge on any atom is 0.427 e. The predicted molar refractivity (Wildman–Crippen MR) is 156 cm³/mol. The standard InChI is InChI=1S/C30H30F5N3O7S/c1-17(36-27(39)43-16-19-8-6-5-7-9-19)26-18(2)38(46(41,42)21-11-12-22(31)23(32)15-21)24-14-20(10-13-25(24)44-26)37-28(40)45-29(3,4)30(33,34)35/h5-15,17-18,26H,16H2,1-4H3,(H,36,39)(H,37,40)/t17-,18+,26-/m0/s1. The highest BCUT2D eigenvalue weighted by molar-refractivity contribution is 7.92. The molecule has 0 spiro atoms. The van der Waals surface area contributed by atoms with Crippen molar-refractivity contribution in [2.24, 2.45) is 0 Å². The van der Waals surface area contributed by atoms with Crippen molar-refractivity contribution in [3.63, 3.8) is 0 Å². The first kappa shape index (κ1) is 34.3. The van der Waals surface area contributed by atoms with Crippen molar-refractivity contribution in [2.75, 3.05) is 9.62 Å². The van der Waals surface area contributed by atoms with E-state index in [2.05, 4.69) is 15.4 Å². The molecule has 1 heterocycles. The number of nitrogens with zero attached hydrogens (tertiary/aromatic N) is 1. The third kappa shape index (κ3) is 7.43. The lowest BCUT2D eigenvalue weighted by Gasteiger charge is -2.43. The van der Waals surface area contributed by atoms with Gasteiger partial charge >= 0.3 is 18.4 Å². The van der Waals surface area contributed by atoms with Crippen LogP contribution in [0.25, 0.3) is 0 Å². The molecule has 4 rings (SSSR count). The number of carbonyl (C=O) groups is 2. The van der Waals surface area contributed by atoms with Gasteiger partial charge < -0.3 is 19.5 Å². The lowest BCUT2D eigenvalue weighted by atomic mass is 10.0. The van der Waals surface area contributed by atoms with Crippen LogP contribution in [0, 0.1) is 11.6 Å². The van der Waals surface area contributed by atoms with Gasteiger partial charge in [-0.1, -0.05) is 30.3 Å². The number of ether oxygens (including phenoxy) is 3. The van der Waals surface area contributed by atoms with Crippen LogP contribution in [-0.4, -0.2) is 50.6 Å². The number of rotatable bonds is 8. The molecule has 0 bridgehead atoms. The molecule has 0 aliphatic carbocycles. The van der Waals surface area contributed by atoms with E-state index in [0.717, 1.165) is 22.0 Å². The molecule has 248 valence electrons. The first-order chi connectivity index (χ1) is 21.4. The van der Waals surface area contributed by atoms with Crippen LogP contribution in [0.15, 0.2) is 71.6 Å². The minimum absolute atomic E-state index is 0.0433. The van der Waals surface area contributed by atoms with Crippen LogP contribution in [0.3, 0.4) is 0 Å². The number of amides is 2. The van der Waals surface area contributed by atoms with Gasteiger partial charge in [-0.3, -0.25) is 9.62 Å². The summed E-state index contributed by atoms with van der Waals surface area (Å²) in [5, 5.41) is 4.73. The van der Waals surface area contributed by atoms with Crippen molar-refractivity contribution in [1.29, 1.82) is 0 Å². The van der Waals surface area contributed by atoms with Gasteiger partial charge in [-0.25, -0.2) is 26.8 Å². The van der Waals surface area contributed by atoms with Crippen LogP contribution in [0.4, 0.5) is 42.9 Å². The number of nitrogens with one attached hydrogen (secondary N) is 2. The molecule has 3 atom stereocenters. The molecule has 1 aliphatic rings. The summed E-state index contributed by atoms with van der Waals surface area (Å²) < 4.78 is 112. The van der Waals surface area contributed by atoms with Crippen LogP contribution in [0.5, 0.6) is 5.75 Å². The molecule has 3 aromatic rings. The molecule has 2 N–H and O–H groups in total. The third-order valence-corrected chi connectivity index (χ3v) is 8.98. The van der Waals surface area contributed by atoms with Crippen LogP contribution >= 0.6 is 0 Å². The fraction of sp³-hybridized carbons (Fsp3) is 0.333. The molecule has 46 heavy (non-hydrogen) atoms. The highest BCUT2D eigenvalue weighted by Crippen LogP contribution is 2.42. The number of alkyl carbamates (subject to hydrolysis) is 1. The number of alkyl halides is 3. The fourth-order valence-electron chi connectivity index (χ4n) is 4.55. The second kappa shape index (κ2) is 13.0. The molecule has 3 aromatic carbocycles. The smallest absolute Gasteiger partial charge is 0.427 e. The lowest BCUT2D eigenvalue weighted by molar-refractivity contribution is -0.242. The van der Waals surface area contributed by atoms with E-state index in [9.17, 15) is 40.0 Å². The SMILES string of the molecule is C[C@H](NC(=O)OCc1ccccc1)[C@@H]1Oc2ccc(NC(=O)OC(C)(C)C(F)(F)F)cc2N(S(=O)(=O)c2ccc(F)c(F)c2)[C@@H]1C. The molecule has 0 saturated heterocycles. The van der Waals surface area contributed by atoms with E-state index in [-0.39, 0.29) is 23.7 Å². The molecule has 2 amide bonds. The first-order valence-corrected chi connectivity index (χ1v) is 15.2. The summed E-state index contributed by atoms with van der Waals surface area (Å²) in [4.78, 5) is 24.3. The Balaban J connectivity index is 1.65. The molecule has 0 aromatic heterocycles. The van der Waals surface area contributed by atoms with Crippen LogP contribution in [0.2, 0.25) is 0 Å². The molecule has 1 aliphatic heterocycles. The quantitative estimate of drug-likeness (QED) is 0.262. The second-order valence-electron chi connectivity index (χ2n) is 10.9. The largest absolute Gasteiger partial charge is 0.484 e. The van der Waals surface area contributed by atoms with Crippen LogP contribution in [0.1, 0.15) is 33.3 Å². The maximum atomic E-state index is 14.2. The van der Waals surface area contributed by atoms with E-state index in [0.29, 0.717) is 26.0 Å². The summed E-state index contributed by atoms with van der Waals surface area (Å²) in [6.07, 6.45) is -8.26. The Labute approximate surface area is 261 Å². The summed E-state index contributed by atoms with van der Waals surface area (Å²) in [7, 11) is -4.69. The molecule has 16 heteroatoms. The van der Waals surface area contributed by atoms with E-state index in [1.165, 1.54) is 26.0 Å². The zero-order valence-corrected chi connectivity index (χ0v) is 25.7. The van der Waals surface area contributed by atoms with E-state index < -0.39 is 68.7 Å². The van der Waals surface area contributed by atoms with Gasteiger partial charge in [0.15, 0.2) is 11.6 Å². The second-order valence-corrected chi connectivity index (χ2v) is 12.7. The number of benzene rings is 3. The zero-order valence-electron chi connectivity index (χ0n) is 24.9. The van der Waals surface area contributed by atoms with Crippen molar-refractivity contribution >= 4 is 33.6 Å². The number of carbonyl (C=O) groups excluding carboxylic acids is 2. The summed E-state index contributed by atoms with van der Waals surface area (Å²) in [5.41, 5.74) is -2.48. The Morgan fingerprint density at radius 1 is 0.978 bits per heavy atom. The number of halogens is 5. The average molecular weight is 672 g/mol. The van der Waals surface area contributed by atoms with Crippen molar-refractivity contribution in [1.82, 2.24) is 5.32 Å². The molecule has 0 fully saturated rings. The first-order valence-electron chi connectivity index (χ1n) is 13.7. The van der Waals surface area contributed by atoms with Crippen LogP contribution in [-0.2, 0) is 26.1 Å². The van der Waals surface area contributed by atoms with Gasteiger partial charge in [-0.2, -0.15) is 13.2 Å². The normalized spacial score (nSPS) is 17.3. The Hall–Kier alpha value is -4.60. The van der Waals surface area contributed by atoms with Gasteiger partial charge in [0.05, 0.1) is 22.7 Å². The minimum atomic E-state index is -4.88. The van der Waals surface area contributed by atoms with E-state index in [1.807, 2.05) is 0 Å². The number of anilines is 2. The minimum Gasteiger partial charge on any atom is -0.484 e. The maximum absolute atomic E-state index is 14.2. The number of sulfonamides is 1. The van der Waals surface area contributed by atoms with Gasteiger partial charge in [0.25, 0.3) is 10.0 Å². The molecule has 0 radical (unpaired) electrons. The van der Waals surface area contributed by atoms with Gasteiger partial charge in [-0.15, -0.1) is 0 Å². The average Bonchev–Trinajstić information content (AvgIpc) is 2.96. The summed E-state index contributed by atoms with van der Waals surface area (Å²) >= 11 is 0. The molecule has 0 unspecified atom stereocenters. The van der Waals surface area contributed by atoms with E-state index in [1.54, 1.807) is 30.3 Å². The Morgan fingerprint density at radius 3 is 2.28 bits per heavy atom.